The molecule has 0 N–H and O–H groups in total. The van der Waals surface area contributed by atoms with Crippen LogP contribution in [0.4, 0.5) is 0 Å². The summed E-state index contributed by atoms with van der Waals surface area (Å²) in [6, 6.07) is 7.46. The van der Waals surface area contributed by atoms with E-state index >= 15 is 0 Å². The number of rotatable bonds is 4. The van der Waals surface area contributed by atoms with E-state index in [1.807, 2.05) is 24.3 Å². The minimum Gasteiger partial charge on any atom is -0.497 e. The number of nitrogens with zero attached hydrogens (tertiary/aromatic N) is 1. The molecular weight excluding hydrogens is 258 g/mol. The Kier molecular flexibility index (Phi) is 4.61. The smallest absolute Gasteiger partial charge is 0.310 e. The second-order valence-electron chi connectivity index (χ2n) is 4.88. The van der Waals surface area contributed by atoms with Crippen molar-refractivity contribution < 1.29 is 19.1 Å². The van der Waals surface area contributed by atoms with Crippen molar-refractivity contribution in [2.75, 3.05) is 27.3 Å². The number of carbonyl (C=O) groups excluding carboxylic acids is 2. The van der Waals surface area contributed by atoms with Gasteiger partial charge in [-0.1, -0.05) is 12.1 Å². The number of likely N-dealkylation sites (tertiary alicyclic amines) is 1. The Balaban J connectivity index is 1.94. The Bertz CT molecular complexity index is 500. The zero-order valence-electron chi connectivity index (χ0n) is 11.8. The third-order valence-corrected chi connectivity index (χ3v) is 3.56. The third-order valence-electron chi connectivity index (χ3n) is 3.56. The van der Waals surface area contributed by atoms with Crippen LogP contribution in [0.15, 0.2) is 24.3 Å². The van der Waals surface area contributed by atoms with Crippen LogP contribution < -0.4 is 4.74 Å². The van der Waals surface area contributed by atoms with Crippen molar-refractivity contribution in [3.8, 4) is 5.75 Å². The molecule has 0 saturated carbocycles. The van der Waals surface area contributed by atoms with Gasteiger partial charge in [0.05, 0.1) is 26.6 Å². The molecule has 2 rings (SSSR count). The highest BCUT2D eigenvalue weighted by Gasteiger charge is 2.31. The van der Waals surface area contributed by atoms with Gasteiger partial charge in [0, 0.05) is 13.1 Å². The van der Waals surface area contributed by atoms with Gasteiger partial charge in [-0.3, -0.25) is 9.59 Å². The number of benzene rings is 1. The monoisotopic (exact) mass is 277 g/mol. The number of esters is 1. The second-order valence-corrected chi connectivity index (χ2v) is 4.88. The van der Waals surface area contributed by atoms with Gasteiger partial charge in [0.1, 0.15) is 5.75 Å². The fraction of sp³-hybridized carbons (Fsp3) is 0.467. The summed E-state index contributed by atoms with van der Waals surface area (Å²) in [7, 11) is 2.98. The summed E-state index contributed by atoms with van der Waals surface area (Å²) in [6.07, 6.45) is 1.00. The molecule has 20 heavy (non-hydrogen) atoms. The summed E-state index contributed by atoms with van der Waals surface area (Å²) < 4.78 is 9.86. The molecule has 5 heteroatoms. The maximum atomic E-state index is 12.2. The van der Waals surface area contributed by atoms with Crippen LogP contribution in [0.3, 0.4) is 0 Å². The fourth-order valence-electron chi connectivity index (χ4n) is 2.41. The molecule has 1 atom stereocenters. The average Bonchev–Trinajstić information content (AvgIpc) is 2.96. The molecule has 1 aromatic rings. The van der Waals surface area contributed by atoms with E-state index in [1.54, 1.807) is 12.0 Å². The fourth-order valence-corrected chi connectivity index (χ4v) is 2.41. The number of ether oxygens (including phenoxy) is 2. The molecule has 108 valence electrons. The Morgan fingerprint density at radius 1 is 1.35 bits per heavy atom. The van der Waals surface area contributed by atoms with Crippen molar-refractivity contribution in [1.82, 2.24) is 4.90 Å². The Morgan fingerprint density at radius 2 is 2.15 bits per heavy atom. The molecule has 1 aliphatic heterocycles. The highest BCUT2D eigenvalue weighted by molar-refractivity contribution is 5.81. The van der Waals surface area contributed by atoms with Gasteiger partial charge in [-0.2, -0.15) is 0 Å². The van der Waals surface area contributed by atoms with Crippen molar-refractivity contribution in [3.05, 3.63) is 29.8 Å². The number of amides is 1. The summed E-state index contributed by atoms with van der Waals surface area (Å²) in [4.78, 5) is 25.4. The van der Waals surface area contributed by atoms with E-state index < -0.39 is 0 Å². The Hall–Kier alpha value is -2.04. The average molecular weight is 277 g/mol. The molecule has 1 aliphatic rings. The van der Waals surface area contributed by atoms with Crippen LogP contribution in [0.5, 0.6) is 5.75 Å². The van der Waals surface area contributed by atoms with Gasteiger partial charge >= 0.3 is 5.97 Å². The molecule has 0 bridgehead atoms. The van der Waals surface area contributed by atoms with E-state index in [4.69, 9.17) is 9.47 Å². The molecule has 1 saturated heterocycles. The van der Waals surface area contributed by atoms with Crippen LogP contribution in [-0.2, 0) is 20.7 Å². The number of carbonyl (C=O) groups is 2. The third kappa shape index (κ3) is 3.29. The van der Waals surface area contributed by atoms with Crippen molar-refractivity contribution in [1.29, 1.82) is 0 Å². The quantitative estimate of drug-likeness (QED) is 0.777. The lowest BCUT2D eigenvalue weighted by molar-refractivity contribution is -0.145. The minimum absolute atomic E-state index is 0.0321. The first-order valence-corrected chi connectivity index (χ1v) is 6.62. The number of hydrogen-bond acceptors (Lipinski definition) is 4. The summed E-state index contributed by atoms with van der Waals surface area (Å²) in [5.74, 6) is 0.352. The topological polar surface area (TPSA) is 55.8 Å². The van der Waals surface area contributed by atoms with Gasteiger partial charge < -0.3 is 14.4 Å². The van der Waals surface area contributed by atoms with E-state index in [2.05, 4.69) is 0 Å². The van der Waals surface area contributed by atoms with Gasteiger partial charge in [0.25, 0.3) is 0 Å². The maximum Gasteiger partial charge on any atom is 0.310 e. The van der Waals surface area contributed by atoms with Gasteiger partial charge in [-0.25, -0.2) is 0 Å². The molecule has 5 nitrogen and oxygen atoms in total. The van der Waals surface area contributed by atoms with Crippen LogP contribution in [0.1, 0.15) is 12.0 Å². The standard InChI is InChI=1S/C15H19NO4/c1-19-13-5-3-4-11(8-13)9-14(17)16-7-6-12(10-16)15(18)20-2/h3-5,8,12H,6-7,9-10H2,1-2H3. The largest absolute Gasteiger partial charge is 0.497 e. The molecular formula is C15H19NO4. The zero-order chi connectivity index (χ0) is 14.5. The van der Waals surface area contributed by atoms with Gasteiger partial charge in [-0.05, 0) is 24.1 Å². The van der Waals surface area contributed by atoms with E-state index in [9.17, 15) is 9.59 Å². The van der Waals surface area contributed by atoms with E-state index in [-0.39, 0.29) is 17.8 Å². The van der Waals surface area contributed by atoms with Crippen LogP contribution >= 0.6 is 0 Å². The second kappa shape index (κ2) is 6.41. The lowest BCUT2D eigenvalue weighted by atomic mass is 10.1. The first-order valence-electron chi connectivity index (χ1n) is 6.62. The normalized spacial score (nSPS) is 17.9. The van der Waals surface area contributed by atoms with Crippen LogP contribution in [-0.4, -0.2) is 44.1 Å². The number of methoxy groups -OCH3 is 2. The molecule has 0 spiro atoms. The van der Waals surface area contributed by atoms with Crippen molar-refractivity contribution in [3.63, 3.8) is 0 Å². The molecule has 1 amide bonds. The summed E-state index contributed by atoms with van der Waals surface area (Å²) in [5.41, 5.74) is 0.913. The summed E-state index contributed by atoms with van der Waals surface area (Å²) in [5, 5.41) is 0. The predicted molar refractivity (Wildman–Crippen MR) is 73.4 cm³/mol. The molecule has 1 unspecified atom stereocenters. The highest BCUT2D eigenvalue weighted by Crippen LogP contribution is 2.19. The van der Waals surface area contributed by atoms with Gasteiger partial charge in [0.2, 0.25) is 5.91 Å². The summed E-state index contributed by atoms with van der Waals surface area (Å²) >= 11 is 0. The van der Waals surface area contributed by atoms with Crippen molar-refractivity contribution in [2.45, 2.75) is 12.8 Å². The zero-order valence-corrected chi connectivity index (χ0v) is 11.8. The molecule has 1 fully saturated rings. The molecule has 1 heterocycles. The minimum atomic E-state index is -0.235. The Labute approximate surface area is 118 Å². The summed E-state index contributed by atoms with van der Waals surface area (Å²) in [6.45, 7) is 1.07. The van der Waals surface area contributed by atoms with Crippen LogP contribution in [0.2, 0.25) is 0 Å². The SMILES string of the molecule is COC(=O)C1CCN(C(=O)Cc2cccc(OC)c2)C1. The lowest BCUT2D eigenvalue weighted by Gasteiger charge is -2.16. The number of hydrogen-bond donors (Lipinski definition) is 0. The highest BCUT2D eigenvalue weighted by atomic mass is 16.5. The Morgan fingerprint density at radius 3 is 2.85 bits per heavy atom. The predicted octanol–water partition coefficient (Wildman–Crippen LogP) is 1.26. The molecule has 0 aliphatic carbocycles. The van der Waals surface area contributed by atoms with E-state index in [0.717, 1.165) is 11.3 Å². The van der Waals surface area contributed by atoms with Crippen molar-refractivity contribution >= 4 is 11.9 Å². The van der Waals surface area contributed by atoms with Gasteiger partial charge in [-0.15, -0.1) is 0 Å². The maximum absolute atomic E-state index is 12.2. The molecule has 0 radical (unpaired) electrons. The van der Waals surface area contributed by atoms with E-state index in [1.165, 1.54) is 7.11 Å². The first-order chi connectivity index (χ1) is 9.63. The lowest BCUT2D eigenvalue weighted by Crippen LogP contribution is -2.31. The van der Waals surface area contributed by atoms with Crippen LogP contribution in [0, 0.1) is 5.92 Å². The molecule has 0 aromatic heterocycles. The molecule has 1 aromatic carbocycles. The van der Waals surface area contributed by atoms with E-state index in [0.29, 0.717) is 25.9 Å². The van der Waals surface area contributed by atoms with Crippen molar-refractivity contribution in [2.24, 2.45) is 5.92 Å². The van der Waals surface area contributed by atoms with Crippen LogP contribution in [0.25, 0.3) is 0 Å². The first kappa shape index (κ1) is 14.4. The van der Waals surface area contributed by atoms with Gasteiger partial charge in [0.15, 0.2) is 0 Å².